The third-order valence-corrected chi connectivity index (χ3v) is 18.2. The molecule has 0 amide bonds. The number of oxazole rings is 1. The molecule has 3 aliphatic carbocycles. The van der Waals surface area contributed by atoms with E-state index in [0.717, 1.165) is 96.2 Å². The normalized spacial score (nSPS) is 13.4. The van der Waals surface area contributed by atoms with Crippen molar-refractivity contribution in [3.63, 3.8) is 0 Å². The maximum Gasteiger partial charge on any atom is 0.231 e. The molecule has 104 heavy (non-hydrogen) atoms. The fourth-order valence-electron chi connectivity index (χ4n) is 13.0. The molecule has 0 saturated heterocycles. The smallest absolute Gasteiger partial charge is 0.231 e. The first-order chi connectivity index (χ1) is 51.6. The molecule has 2 aromatic heterocycles. The van der Waals surface area contributed by atoms with Crippen LogP contribution in [-0.2, 0) is 32.1 Å². The molecule has 0 unspecified atom stereocenters. The largest absolute Gasteiger partial charge is 0.490 e. The van der Waals surface area contributed by atoms with Crippen molar-refractivity contribution in [3.8, 4) is 51.4 Å². The predicted molar refractivity (Wildman–Crippen MR) is 422 cm³/mol. The van der Waals surface area contributed by atoms with Crippen LogP contribution in [-0.4, -0.2) is 56.3 Å². The molecule has 15 aromatic rings. The van der Waals surface area contributed by atoms with Gasteiger partial charge in [-0.1, -0.05) is 224 Å². The van der Waals surface area contributed by atoms with Crippen molar-refractivity contribution in [2.45, 2.75) is 57.8 Å². The molecular formula is C93H87N3O8. The van der Waals surface area contributed by atoms with Gasteiger partial charge in [0.15, 0.2) is 46.5 Å². The standard InChI is InChI=1S/C14H10.C13H10.C10H12.C9H10O2.C9H10.C8H9NO.C8H7N.C8H8O2.C7H5NO.C7H6O2/c1-2-6-12-10-14-8-4-3-7-13(14)9-11(12)5-1;1-3-7-12-10(5-1)9-11-6-2-4-8-13(11)12;1-2-6-10-8-4-3-7-9(10)5-1;1-2-5-9-8(4-1)10-6-3-7-11-9;1-2-5-9-7-3-6-8(9)4-1;1-2-4-8-7(3-1)9-5-6-10-8;1-2-4-8-7(3-1)5-6-9-8;1-2-4-8-7(3-1)9-5-6-10-8;2*1-2-4-7-6(3-1)8-5-9-7/h1-10H;1-8H,9H2;1-2,5-6H,3-4,7-8H2;1-2,4-5H,3,6-7H2;1-2,4-5H,3,6-7H2;1-4,9H,5-6H2;1-6,9H;1-4H,5-6H2;1-5H;1-4H,5H2. The van der Waals surface area contributed by atoms with E-state index >= 15 is 0 Å². The van der Waals surface area contributed by atoms with E-state index in [-0.39, 0.29) is 0 Å². The van der Waals surface area contributed by atoms with Crippen LogP contribution in [0.2, 0.25) is 0 Å². The minimum atomic E-state index is 0.360. The monoisotopic (exact) mass is 1370 g/mol. The lowest BCUT2D eigenvalue weighted by Gasteiger charge is -2.17. The Morgan fingerprint density at radius 1 is 0.288 bits per heavy atom. The van der Waals surface area contributed by atoms with Gasteiger partial charge in [-0.15, -0.1) is 0 Å². The fraction of sp³-hybridized carbons (Fsp3) is 0.172. The second-order valence-corrected chi connectivity index (χ2v) is 25.3. The van der Waals surface area contributed by atoms with Crippen LogP contribution < -0.4 is 38.5 Å². The van der Waals surface area contributed by atoms with Gasteiger partial charge in [0.2, 0.25) is 6.79 Å². The van der Waals surface area contributed by atoms with Gasteiger partial charge in [-0.3, -0.25) is 0 Å². The summed E-state index contributed by atoms with van der Waals surface area (Å²) < 4.78 is 42.0. The Kier molecular flexibility index (Phi) is 25.3. The van der Waals surface area contributed by atoms with E-state index in [0.29, 0.717) is 20.0 Å². The number of aromatic amines is 1. The maximum absolute atomic E-state index is 5.42. The summed E-state index contributed by atoms with van der Waals surface area (Å²) in [4.78, 5) is 7.07. The highest BCUT2D eigenvalue weighted by molar-refractivity contribution is 5.98. The number of aryl methyl sites for hydroxylation is 4. The summed E-state index contributed by atoms with van der Waals surface area (Å²) in [6.45, 7) is 4.90. The Morgan fingerprint density at radius 2 is 0.673 bits per heavy atom. The molecule has 2 N–H and O–H groups in total. The van der Waals surface area contributed by atoms with Gasteiger partial charge in [-0.2, -0.15) is 0 Å². The SMILES string of the molecule is c1ccc2[nH]ccc2c1.c1ccc2c(c1)CCC2.c1ccc2c(c1)CCCC2.c1ccc2c(c1)Cc1ccccc1-2.c1ccc2c(c1)NCCO2.c1ccc2c(c1)OCCCO2.c1ccc2c(c1)OCCO2.c1ccc2c(c1)OCO2.c1ccc2cc3ccccc3cc2c1.c1ccc2ocnc2c1. The molecule has 6 heterocycles. The molecular weight excluding hydrogens is 1290 g/mol. The van der Waals surface area contributed by atoms with Crippen molar-refractivity contribution in [3.05, 3.63) is 355 Å². The van der Waals surface area contributed by atoms with Crippen molar-refractivity contribution >= 4 is 49.2 Å². The van der Waals surface area contributed by atoms with E-state index in [4.69, 9.17) is 37.6 Å². The van der Waals surface area contributed by atoms with Crippen molar-refractivity contribution in [1.29, 1.82) is 0 Å². The zero-order chi connectivity index (χ0) is 70.4. The molecule has 11 heteroatoms. The van der Waals surface area contributed by atoms with Gasteiger partial charge >= 0.3 is 0 Å². The van der Waals surface area contributed by atoms with Crippen LogP contribution >= 0.6 is 0 Å². The van der Waals surface area contributed by atoms with Gasteiger partial charge in [0.05, 0.1) is 18.9 Å². The summed E-state index contributed by atoms with van der Waals surface area (Å²) in [7, 11) is 0. The predicted octanol–water partition coefficient (Wildman–Crippen LogP) is 22.2. The number of nitrogens with one attached hydrogen (secondary N) is 2. The van der Waals surface area contributed by atoms with E-state index in [1.807, 2.05) is 140 Å². The average Bonchev–Trinajstić information content (AvgIpc) is 1.66. The molecule has 0 radical (unpaired) electrons. The number of fused-ring (bicyclic) bond motifs is 13. The van der Waals surface area contributed by atoms with E-state index in [2.05, 4.69) is 191 Å². The van der Waals surface area contributed by atoms with Gasteiger partial charge in [0.1, 0.15) is 31.1 Å². The lowest BCUT2D eigenvalue weighted by molar-refractivity contribution is 0.171. The first kappa shape index (κ1) is 70.2. The van der Waals surface area contributed by atoms with E-state index < -0.39 is 0 Å². The summed E-state index contributed by atoms with van der Waals surface area (Å²) in [5.74, 6) is 6.10. The number of aromatic nitrogens is 2. The molecule has 0 bridgehead atoms. The number of nitrogens with zero attached hydrogens (tertiary/aromatic N) is 1. The number of anilines is 1. The molecule has 22 rings (SSSR count). The lowest BCUT2D eigenvalue weighted by atomic mass is 9.92. The maximum atomic E-state index is 5.42. The van der Waals surface area contributed by atoms with Crippen molar-refractivity contribution in [1.82, 2.24) is 9.97 Å². The van der Waals surface area contributed by atoms with Crippen molar-refractivity contribution in [2.75, 3.05) is 51.7 Å². The van der Waals surface area contributed by atoms with Gasteiger partial charge < -0.3 is 47.9 Å². The highest BCUT2D eigenvalue weighted by Gasteiger charge is 2.17. The second kappa shape index (κ2) is 37.5. The van der Waals surface area contributed by atoms with Crippen LogP contribution in [0.4, 0.5) is 5.69 Å². The van der Waals surface area contributed by atoms with Gasteiger partial charge in [0, 0.05) is 24.7 Å². The number of rotatable bonds is 0. The highest BCUT2D eigenvalue weighted by atomic mass is 16.7. The number of benzene rings is 13. The third-order valence-electron chi connectivity index (χ3n) is 18.2. The van der Waals surface area contributed by atoms with Crippen molar-refractivity contribution < 1.29 is 37.6 Å². The minimum absolute atomic E-state index is 0.360. The Bertz CT molecular complexity index is 4550. The first-order valence-electron chi connectivity index (χ1n) is 36.1. The molecule has 522 valence electrons. The van der Waals surface area contributed by atoms with Gasteiger partial charge in [-0.05, 0) is 208 Å². The van der Waals surface area contributed by atoms with Crippen LogP contribution in [0.25, 0.3) is 54.7 Å². The molecule has 13 aromatic carbocycles. The highest BCUT2D eigenvalue weighted by Crippen LogP contribution is 2.37. The molecule has 0 fully saturated rings. The Morgan fingerprint density at radius 3 is 1.16 bits per heavy atom. The van der Waals surface area contributed by atoms with Crippen LogP contribution in [0.1, 0.15) is 59.1 Å². The average molecular weight is 1370 g/mol. The number of hydrogen-bond acceptors (Lipinski definition) is 10. The fourth-order valence-corrected chi connectivity index (χ4v) is 13.0. The van der Waals surface area contributed by atoms with E-state index in [9.17, 15) is 0 Å². The number of hydrogen-bond donors (Lipinski definition) is 2. The van der Waals surface area contributed by atoms with Crippen LogP contribution in [0.15, 0.2) is 326 Å². The van der Waals surface area contributed by atoms with Crippen LogP contribution in [0.3, 0.4) is 0 Å². The minimum Gasteiger partial charge on any atom is -0.490 e. The number of ether oxygens (including phenoxy) is 7. The first-order valence-corrected chi connectivity index (χ1v) is 36.1. The zero-order valence-corrected chi connectivity index (χ0v) is 58.6. The molecule has 0 atom stereocenters. The summed E-state index contributed by atoms with van der Waals surface area (Å²) in [6.07, 6.45) is 14.8. The lowest BCUT2D eigenvalue weighted by Crippen LogP contribution is -2.17. The van der Waals surface area contributed by atoms with Crippen LogP contribution in [0, 0.1) is 0 Å². The summed E-state index contributed by atoms with van der Waals surface area (Å²) in [5.41, 5.74) is 16.1. The number of para-hydroxylation sites is 11. The van der Waals surface area contributed by atoms with Gasteiger partial charge in [0.25, 0.3) is 0 Å². The number of H-pyrrole nitrogens is 1. The third kappa shape index (κ3) is 19.9. The molecule has 4 aliphatic heterocycles. The van der Waals surface area contributed by atoms with Gasteiger partial charge in [-0.25, -0.2) is 4.98 Å². The molecule has 11 nitrogen and oxygen atoms in total. The molecule has 7 aliphatic rings. The Balaban J connectivity index is 0.000000103. The summed E-state index contributed by atoms with van der Waals surface area (Å²) in [6, 6.07) is 105. The van der Waals surface area contributed by atoms with E-state index in [1.54, 1.807) is 22.3 Å². The Hall–Kier alpha value is -12.2. The van der Waals surface area contributed by atoms with Crippen molar-refractivity contribution in [2.24, 2.45) is 0 Å². The zero-order valence-electron chi connectivity index (χ0n) is 58.6. The quantitative estimate of drug-likeness (QED) is 0.142. The Labute approximate surface area is 609 Å². The topological polar surface area (TPSA) is 118 Å². The molecule has 0 saturated carbocycles. The summed E-state index contributed by atoms with van der Waals surface area (Å²) in [5, 5.41) is 9.76. The van der Waals surface area contributed by atoms with E-state index in [1.165, 1.54) is 106 Å². The molecule has 0 spiro atoms. The van der Waals surface area contributed by atoms with Crippen LogP contribution in [0.5, 0.6) is 40.2 Å². The second-order valence-electron chi connectivity index (χ2n) is 25.3. The summed E-state index contributed by atoms with van der Waals surface area (Å²) >= 11 is 0.